The maximum Gasteiger partial charge on any atom is 0.490 e. The molecule has 4 aliphatic rings. The van der Waals surface area contributed by atoms with Gasteiger partial charge < -0.3 is 24.2 Å². The van der Waals surface area contributed by atoms with Gasteiger partial charge in [-0.05, 0) is 32.1 Å². The van der Waals surface area contributed by atoms with Crippen molar-refractivity contribution in [3.05, 3.63) is 18.2 Å². The molecule has 2 amide bonds. The third-order valence-electron chi connectivity index (χ3n) is 7.38. The largest absolute Gasteiger partial charge is 0.490 e. The number of aromatic nitrogens is 2. The molecular weight excluding hydrogens is 469 g/mol. The van der Waals surface area contributed by atoms with Crippen molar-refractivity contribution >= 4 is 17.8 Å². The highest BCUT2D eigenvalue weighted by Gasteiger charge is 2.49. The standard InChI is InChI=1S/C21H30N4O3.C2HF3O2/c26-18(16-5-4-6-16)24-12-7-21(8-13-24)20-22-9-14-25(20)15-17(28-21)19(27)23-10-2-1-3-11-23;3-2(4,5)1(6)7/h9,14,16-17H,1-8,10-13,15H2;(H,6,7). The van der Waals surface area contributed by atoms with Crippen molar-refractivity contribution in [2.45, 2.75) is 75.8 Å². The van der Waals surface area contributed by atoms with Gasteiger partial charge in [0, 0.05) is 57.3 Å². The number of halogens is 3. The predicted molar refractivity (Wildman–Crippen MR) is 116 cm³/mol. The Labute approximate surface area is 201 Å². The van der Waals surface area contributed by atoms with E-state index in [0.29, 0.717) is 38.4 Å². The maximum absolute atomic E-state index is 13.1. The van der Waals surface area contributed by atoms with E-state index in [-0.39, 0.29) is 11.8 Å². The summed E-state index contributed by atoms with van der Waals surface area (Å²) in [5, 5.41) is 7.12. The number of piperidine rings is 2. The number of amides is 2. The van der Waals surface area contributed by atoms with Crippen molar-refractivity contribution in [2.75, 3.05) is 26.2 Å². The molecule has 1 unspecified atom stereocenters. The number of aliphatic carboxylic acids is 1. The second-order valence-electron chi connectivity index (χ2n) is 9.65. The first-order chi connectivity index (χ1) is 16.6. The minimum absolute atomic E-state index is 0.117. The number of carboxylic acid groups (broad SMARTS) is 1. The van der Waals surface area contributed by atoms with Gasteiger partial charge in [0.15, 0.2) is 6.10 Å². The van der Waals surface area contributed by atoms with Crippen LogP contribution in [0.15, 0.2) is 12.4 Å². The molecule has 9 nitrogen and oxygen atoms in total. The van der Waals surface area contributed by atoms with Crippen LogP contribution in [0.1, 0.15) is 57.2 Å². The molecule has 0 aromatic carbocycles. The average molecular weight is 501 g/mol. The van der Waals surface area contributed by atoms with Gasteiger partial charge in [-0.1, -0.05) is 6.42 Å². The molecule has 0 bridgehead atoms. The van der Waals surface area contributed by atoms with Crippen LogP contribution in [0.25, 0.3) is 0 Å². The first-order valence-corrected chi connectivity index (χ1v) is 12.2. The molecule has 1 aromatic heterocycles. The van der Waals surface area contributed by atoms with Crippen LogP contribution in [-0.2, 0) is 31.3 Å². The van der Waals surface area contributed by atoms with Crippen LogP contribution in [0.4, 0.5) is 13.2 Å². The first-order valence-electron chi connectivity index (χ1n) is 12.2. The fraction of sp³-hybridized carbons (Fsp3) is 0.739. The second kappa shape index (κ2) is 10.2. The van der Waals surface area contributed by atoms with Crippen molar-refractivity contribution < 1.29 is 37.4 Å². The van der Waals surface area contributed by atoms with Gasteiger partial charge >= 0.3 is 12.1 Å². The van der Waals surface area contributed by atoms with Crippen LogP contribution < -0.4 is 0 Å². The molecule has 1 saturated carbocycles. The van der Waals surface area contributed by atoms with Crippen molar-refractivity contribution in [3.63, 3.8) is 0 Å². The van der Waals surface area contributed by atoms with Crippen LogP contribution in [0.5, 0.6) is 0 Å². The zero-order valence-corrected chi connectivity index (χ0v) is 19.5. The molecule has 0 radical (unpaired) electrons. The van der Waals surface area contributed by atoms with Crippen LogP contribution in [0.3, 0.4) is 0 Å². The minimum atomic E-state index is -5.08. The number of ether oxygens (including phenoxy) is 1. The number of nitrogens with zero attached hydrogens (tertiary/aromatic N) is 4. The van der Waals surface area contributed by atoms with E-state index in [1.165, 1.54) is 12.8 Å². The van der Waals surface area contributed by atoms with E-state index in [0.717, 1.165) is 44.6 Å². The van der Waals surface area contributed by atoms with Gasteiger partial charge in [0.25, 0.3) is 5.91 Å². The Kier molecular flexibility index (Phi) is 7.39. The zero-order chi connectivity index (χ0) is 25.2. The molecule has 194 valence electrons. The molecule has 1 aliphatic carbocycles. The van der Waals surface area contributed by atoms with E-state index in [2.05, 4.69) is 9.55 Å². The van der Waals surface area contributed by atoms with Gasteiger partial charge in [-0.25, -0.2) is 9.78 Å². The number of imidazole rings is 1. The molecule has 1 aromatic rings. The molecular formula is C23H31F3N4O5. The fourth-order valence-electron chi connectivity index (χ4n) is 5.19. The van der Waals surface area contributed by atoms with E-state index in [1.807, 2.05) is 16.0 Å². The lowest BCUT2D eigenvalue weighted by atomic mass is 9.82. The van der Waals surface area contributed by atoms with Crippen molar-refractivity contribution in [1.82, 2.24) is 19.4 Å². The highest BCUT2D eigenvalue weighted by molar-refractivity contribution is 5.81. The fourth-order valence-corrected chi connectivity index (χ4v) is 5.19. The van der Waals surface area contributed by atoms with E-state index in [1.54, 1.807) is 6.20 Å². The molecule has 12 heteroatoms. The highest BCUT2D eigenvalue weighted by atomic mass is 19.4. The lowest BCUT2D eigenvalue weighted by molar-refractivity contribution is -0.192. The summed E-state index contributed by atoms with van der Waals surface area (Å²) in [5.74, 6) is -1.18. The van der Waals surface area contributed by atoms with Gasteiger partial charge in [0.05, 0.1) is 6.54 Å². The summed E-state index contributed by atoms with van der Waals surface area (Å²) in [6, 6.07) is 0. The van der Waals surface area contributed by atoms with Gasteiger partial charge in [0.1, 0.15) is 11.4 Å². The monoisotopic (exact) mass is 500 g/mol. The Morgan fingerprint density at radius 2 is 1.57 bits per heavy atom. The normalized spacial score (nSPS) is 24.1. The lowest BCUT2D eigenvalue weighted by Crippen LogP contribution is -2.56. The molecule has 35 heavy (non-hydrogen) atoms. The number of fused-ring (bicyclic) bond motifs is 2. The zero-order valence-electron chi connectivity index (χ0n) is 19.5. The number of hydrogen-bond donors (Lipinski definition) is 1. The van der Waals surface area contributed by atoms with Gasteiger partial charge in [0.2, 0.25) is 5.91 Å². The number of carboxylic acids is 1. The summed E-state index contributed by atoms with van der Waals surface area (Å²) >= 11 is 0. The van der Waals surface area contributed by atoms with Crippen molar-refractivity contribution in [3.8, 4) is 0 Å². The number of rotatable bonds is 2. The molecule has 3 fully saturated rings. The van der Waals surface area contributed by atoms with Crippen LogP contribution in [-0.4, -0.2) is 80.7 Å². The Morgan fingerprint density at radius 1 is 0.971 bits per heavy atom. The summed E-state index contributed by atoms with van der Waals surface area (Å²) in [6.07, 6.45) is 6.28. The number of carbonyl (C=O) groups excluding carboxylic acids is 2. The summed E-state index contributed by atoms with van der Waals surface area (Å²) in [5.41, 5.74) is -0.547. The first kappa shape index (κ1) is 25.5. The number of alkyl halides is 3. The number of carbonyl (C=O) groups is 3. The topological polar surface area (TPSA) is 105 Å². The average Bonchev–Trinajstić information content (AvgIpc) is 3.28. The summed E-state index contributed by atoms with van der Waals surface area (Å²) < 4.78 is 40.4. The Hall–Kier alpha value is -2.63. The van der Waals surface area contributed by atoms with Crippen LogP contribution in [0.2, 0.25) is 0 Å². The number of likely N-dealkylation sites (tertiary alicyclic amines) is 2. The summed E-state index contributed by atoms with van der Waals surface area (Å²) in [4.78, 5) is 43.2. The summed E-state index contributed by atoms with van der Waals surface area (Å²) in [7, 11) is 0. The van der Waals surface area contributed by atoms with Crippen LogP contribution in [0, 0.1) is 5.92 Å². The predicted octanol–water partition coefficient (Wildman–Crippen LogP) is 2.55. The number of hydrogen-bond acceptors (Lipinski definition) is 5. The smallest absolute Gasteiger partial charge is 0.475 e. The van der Waals surface area contributed by atoms with Gasteiger partial charge in [-0.15, -0.1) is 0 Å². The third-order valence-corrected chi connectivity index (χ3v) is 7.38. The Bertz CT molecular complexity index is 932. The van der Waals surface area contributed by atoms with E-state index in [9.17, 15) is 22.8 Å². The molecule has 4 heterocycles. The molecule has 1 spiro atoms. The van der Waals surface area contributed by atoms with E-state index < -0.39 is 23.9 Å². The third kappa shape index (κ3) is 5.46. The Morgan fingerprint density at radius 3 is 2.11 bits per heavy atom. The SMILES string of the molecule is O=C(C1CCC1)N1CCC2(CC1)OC(C(=O)N1CCCCC1)Cn1ccnc12.O=C(O)C(F)(F)F. The van der Waals surface area contributed by atoms with Crippen molar-refractivity contribution in [2.24, 2.45) is 5.92 Å². The van der Waals surface area contributed by atoms with E-state index in [4.69, 9.17) is 14.6 Å². The maximum atomic E-state index is 13.1. The molecule has 1 N–H and O–H groups in total. The molecule has 2 saturated heterocycles. The van der Waals surface area contributed by atoms with Crippen LogP contribution >= 0.6 is 0 Å². The minimum Gasteiger partial charge on any atom is -0.475 e. The Balaban J connectivity index is 0.000000364. The quantitative estimate of drug-likeness (QED) is 0.669. The van der Waals surface area contributed by atoms with E-state index >= 15 is 0 Å². The molecule has 5 rings (SSSR count). The van der Waals surface area contributed by atoms with Gasteiger partial charge in [-0.3, -0.25) is 9.59 Å². The lowest BCUT2D eigenvalue weighted by Gasteiger charge is -2.47. The molecule has 3 aliphatic heterocycles. The molecule has 1 atom stereocenters. The second-order valence-corrected chi connectivity index (χ2v) is 9.65. The van der Waals surface area contributed by atoms with Crippen molar-refractivity contribution in [1.29, 1.82) is 0 Å². The van der Waals surface area contributed by atoms with Gasteiger partial charge in [-0.2, -0.15) is 13.2 Å². The summed E-state index contributed by atoms with van der Waals surface area (Å²) in [6.45, 7) is 3.59. The highest BCUT2D eigenvalue weighted by Crippen LogP contribution is 2.41.